The first-order chi connectivity index (χ1) is 7.53. The van der Waals surface area contributed by atoms with E-state index in [-0.39, 0.29) is 11.7 Å². The maximum absolute atomic E-state index is 11.7. The molecule has 1 fully saturated rings. The van der Waals surface area contributed by atoms with Gasteiger partial charge in [0.2, 0.25) is 5.79 Å². The van der Waals surface area contributed by atoms with E-state index in [2.05, 4.69) is 4.98 Å². The minimum absolute atomic E-state index is 0.0304. The van der Waals surface area contributed by atoms with Gasteiger partial charge in [-0.15, -0.1) is 11.3 Å². The molecule has 1 aliphatic rings. The molecule has 1 aromatic heterocycles. The Balaban J connectivity index is 2.22. The highest BCUT2D eigenvalue weighted by Crippen LogP contribution is 2.31. The molecular weight excluding hydrogens is 226 g/mol. The van der Waals surface area contributed by atoms with E-state index in [9.17, 15) is 4.79 Å². The van der Waals surface area contributed by atoms with Gasteiger partial charge in [-0.1, -0.05) is 13.8 Å². The Morgan fingerprint density at radius 1 is 1.50 bits per heavy atom. The van der Waals surface area contributed by atoms with E-state index in [1.54, 1.807) is 0 Å². The molecule has 0 spiro atoms. The predicted octanol–water partition coefficient (Wildman–Crippen LogP) is 2.20. The number of carbonyl (C=O) groups is 1. The van der Waals surface area contributed by atoms with Crippen molar-refractivity contribution in [3.05, 3.63) is 16.1 Å². The van der Waals surface area contributed by atoms with Crippen molar-refractivity contribution in [3.63, 3.8) is 0 Å². The van der Waals surface area contributed by atoms with Crippen molar-refractivity contribution in [2.45, 2.75) is 26.6 Å². The first-order valence-electron chi connectivity index (χ1n) is 5.31. The van der Waals surface area contributed by atoms with Crippen molar-refractivity contribution in [2.75, 3.05) is 13.2 Å². The van der Waals surface area contributed by atoms with Gasteiger partial charge in [-0.3, -0.25) is 4.79 Å². The fraction of sp³-hybridized carbons (Fsp3) is 0.636. The quantitative estimate of drug-likeness (QED) is 0.761. The van der Waals surface area contributed by atoms with Gasteiger partial charge < -0.3 is 9.47 Å². The molecule has 16 heavy (non-hydrogen) atoms. The number of aromatic nitrogens is 1. The maximum Gasteiger partial charge on any atom is 0.210 e. The van der Waals surface area contributed by atoms with Crippen LogP contribution in [0, 0.1) is 5.92 Å². The van der Waals surface area contributed by atoms with Gasteiger partial charge in [0, 0.05) is 11.3 Å². The molecule has 2 rings (SSSR count). The number of nitrogens with zero attached hydrogens (tertiary/aromatic N) is 1. The Kier molecular flexibility index (Phi) is 3.10. The van der Waals surface area contributed by atoms with Gasteiger partial charge in [-0.2, -0.15) is 0 Å². The van der Waals surface area contributed by atoms with Crippen LogP contribution in [0.1, 0.15) is 36.3 Å². The summed E-state index contributed by atoms with van der Waals surface area (Å²) in [6.07, 6.45) is 0. The average molecular weight is 241 g/mol. The summed E-state index contributed by atoms with van der Waals surface area (Å²) < 4.78 is 11.0. The van der Waals surface area contributed by atoms with E-state index in [4.69, 9.17) is 9.47 Å². The highest BCUT2D eigenvalue weighted by atomic mass is 32.1. The standard InChI is InChI=1S/C11H15NO3S/c1-7(2)9(13)10-12-8(6-16-10)11(3)14-4-5-15-11/h6-7H,4-5H2,1-3H3. The highest BCUT2D eigenvalue weighted by Gasteiger charge is 2.36. The summed E-state index contributed by atoms with van der Waals surface area (Å²) in [5, 5.41) is 2.37. The van der Waals surface area contributed by atoms with E-state index in [0.717, 1.165) is 0 Å². The molecule has 0 aromatic carbocycles. The SMILES string of the molecule is CC(C)C(=O)c1nc(C2(C)OCCO2)cs1. The lowest BCUT2D eigenvalue weighted by molar-refractivity contribution is -0.152. The Bertz CT molecular complexity index is 394. The molecule has 0 radical (unpaired) electrons. The second-order valence-electron chi connectivity index (χ2n) is 4.20. The molecule has 1 aliphatic heterocycles. The number of ketones is 1. The van der Waals surface area contributed by atoms with Crippen molar-refractivity contribution in [3.8, 4) is 0 Å². The molecule has 0 N–H and O–H groups in total. The molecule has 0 unspecified atom stereocenters. The van der Waals surface area contributed by atoms with Crippen LogP contribution < -0.4 is 0 Å². The summed E-state index contributed by atoms with van der Waals surface area (Å²) in [5.41, 5.74) is 0.694. The molecule has 0 saturated carbocycles. The zero-order valence-corrected chi connectivity index (χ0v) is 10.5. The van der Waals surface area contributed by atoms with E-state index < -0.39 is 5.79 Å². The van der Waals surface area contributed by atoms with Crippen molar-refractivity contribution in [1.82, 2.24) is 4.98 Å². The molecule has 0 aliphatic carbocycles. The minimum Gasteiger partial charge on any atom is -0.342 e. The Hall–Kier alpha value is -0.780. The zero-order valence-electron chi connectivity index (χ0n) is 9.65. The van der Waals surface area contributed by atoms with E-state index in [1.807, 2.05) is 26.2 Å². The van der Waals surface area contributed by atoms with Crippen LogP contribution in [0.15, 0.2) is 5.38 Å². The van der Waals surface area contributed by atoms with Crippen molar-refractivity contribution in [2.24, 2.45) is 5.92 Å². The van der Waals surface area contributed by atoms with Gasteiger partial charge in [0.1, 0.15) is 5.69 Å². The number of hydrogen-bond acceptors (Lipinski definition) is 5. The summed E-state index contributed by atoms with van der Waals surface area (Å²) >= 11 is 1.35. The number of rotatable bonds is 3. The highest BCUT2D eigenvalue weighted by molar-refractivity contribution is 7.11. The Labute approximate surface area is 98.6 Å². The predicted molar refractivity (Wildman–Crippen MR) is 60.5 cm³/mol. The molecule has 88 valence electrons. The third kappa shape index (κ3) is 2.03. The number of hydrogen-bond donors (Lipinski definition) is 0. The van der Waals surface area contributed by atoms with Gasteiger partial charge >= 0.3 is 0 Å². The van der Waals surface area contributed by atoms with E-state index >= 15 is 0 Å². The van der Waals surface area contributed by atoms with Crippen LogP contribution in [-0.4, -0.2) is 24.0 Å². The number of Topliss-reactive ketones (excluding diaryl/α,β-unsaturated/α-hetero) is 1. The van der Waals surface area contributed by atoms with E-state index in [0.29, 0.717) is 23.9 Å². The molecule has 0 atom stereocenters. The third-order valence-electron chi connectivity index (χ3n) is 2.54. The van der Waals surface area contributed by atoms with Crippen molar-refractivity contribution in [1.29, 1.82) is 0 Å². The Morgan fingerprint density at radius 2 is 2.12 bits per heavy atom. The van der Waals surface area contributed by atoms with Crippen LogP contribution in [0.25, 0.3) is 0 Å². The summed E-state index contributed by atoms with van der Waals surface area (Å²) in [6, 6.07) is 0. The zero-order chi connectivity index (χ0) is 11.8. The van der Waals surface area contributed by atoms with Crippen LogP contribution in [0.5, 0.6) is 0 Å². The third-order valence-corrected chi connectivity index (χ3v) is 3.40. The maximum atomic E-state index is 11.7. The van der Waals surface area contributed by atoms with Crippen molar-refractivity contribution >= 4 is 17.1 Å². The largest absolute Gasteiger partial charge is 0.342 e. The Morgan fingerprint density at radius 3 is 2.69 bits per heavy atom. The lowest BCUT2D eigenvalue weighted by atomic mass is 10.1. The molecule has 0 bridgehead atoms. The smallest absolute Gasteiger partial charge is 0.210 e. The molecule has 1 aromatic rings. The first-order valence-corrected chi connectivity index (χ1v) is 6.19. The molecule has 0 amide bonds. The lowest BCUT2D eigenvalue weighted by Gasteiger charge is -2.19. The summed E-state index contributed by atoms with van der Waals surface area (Å²) in [4.78, 5) is 16.0. The van der Waals surface area contributed by atoms with Crippen LogP contribution in [0.3, 0.4) is 0 Å². The van der Waals surface area contributed by atoms with Crippen LogP contribution in [0.4, 0.5) is 0 Å². The molecule has 1 saturated heterocycles. The van der Waals surface area contributed by atoms with Gasteiger partial charge in [-0.05, 0) is 6.92 Å². The molecule has 2 heterocycles. The van der Waals surface area contributed by atoms with Gasteiger partial charge in [0.15, 0.2) is 10.8 Å². The molecule has 4 nitrogen and oxygen atoms in total. The van der Waals surface area contributed by atoms with Crippen LogP contribution >= 0.6 is 11.3 Å². The van der Waals surface area contributed by atoms with E-state index in [1.165, 1.54) is 11.3 Å². The second kappa shape index (κ2) is 4.24. The topological polar surface area (TPSA) is 48.4 Å². The lowest BCUT2D eigenvalue weighted by Crippen LogP contribution is -2.23. The molecular formula is C11H15NO3S. The van der Waals surface area contributed by atoms with Gasteiger partial charge in [0.05, 0.1) is 13.2 Å². The second-order valence-corrected chi connectivity index (χ2v) is 5.06. The minimum atomic E-state index is -0.772. The van der Waals surface area contributed by atoms with Gasteiger partial charge in [-0.25, -0.2) is 4.98 Å². The van der Waals surface area contributed by atoms with Crippen LogP contribution in [0.2, 0.25) is 0 Å². The summed E-state index contributed by atoms with van der Waals surface area (Å²) in [7, 11) is 0. The summed E-state index contributed by atoms with van der Waals surface area (Å²) in [5.74, 6) is -0.735. The normalized spacial score (nSPS) is 19.2. The fourth-order valence-electron chi connectivity index (χ4n) is 1.50. The van der Waals surface area contributed by atoms with Gasteiger partial charge in [0.25, 0.3) is 0 Å². The van der Waals surface area contributed by atoms with Crippen LogP contribution in [-0.2, 0) is 15.3 Å². The molecule has 5 heteroatoms. The number of carbonyl (C=O) groups excluding carboxylic acids is 1. The first kappa shape index (κ1) is 11.7. The fourth-order valence-corrected chi connectivity index (χ4v) is 2.50. The monoisotopic (exact) mass is 241 g/mol. The van der Waals surface area contributed by atoms with Crippen molar-refractivity contribution < 1.29 is 14.3 Å². The average Bonchev–Trinajstić information content (AvgIpc) is 2.85. The summed E-state index contributed by atoms with van der Waals surface area (Å²) in [6.45, 7) is 6.71. The number of thiazole rings is 1. The number of ether oxygens (including phenoxy) is 2.